The minimum atomic E-state index is -0.476. The molecule has 0 amide bonds. The van der Waals surface area contributed by atoms with E-state index in [0.717, 1.165) is 44.8 Å². The monoisotopic (exact) mass is 1000 g/mol. The maximum Gasteiger partial charge on any atom is 0.160 e. The van der Waals surface area contributed by atoms with Gasteiger partial charge in [0.05, 0.1) is 16.8 Å². The van der Waals surface area contributed by atoms with Crippen LogP contribution >= 0.6 is 0 Å². The zero-order chi connectivity index (χ0) is 52.5. The topological polar surface area (TPSA) is 25.8 Å². The van der Waals surface area contributed by atoms with Gasteiger partial charge in [0.25, 0.3) is 0 Å². The first kappa shape index (κ1) is 47.2. The highest BCUT2D eigenvalue weighted by molar-refractivity contribution is 6.00. The van der Waals surface area contributed by atoms with E-state index in [-0.39, 0.29) is 0 Å². The molecular formula is C77H52N2. The minimum Gasteiger partial charge on any atom is -0.228 e. The highest BCUT2D eigenvalue weighted by atomic mass is 14.9. The molecule has 370 valence electrons. The molecule has 12 aromatic carbocycles. The molecule has 0 unspecified atom stereocenters. The van der Waals surface area contributed by atoms with E-state index in [1.54, 1.807) is 0 Å². The van der Waals surface area contributed by atoms with E-state index < -0.39 is 5.41 Å². The number of rotatable bonds is 11. The Hall–Kier alpha value is -10.3. The Kier molecular flexibility index (Phi) is 12.2. The Bertz CT molecular complexity index is 4230. The van der Waals surface area contributed by atoms with Crippen molar-refractivity contribution in [2.75, 3.05) is 0 Å². The third-order valence-electron chi connectivity index (χ3n) is 15.8. The Morgan fingerprint density at radius 2 is 0.544 bits per heavy atom. The zero-order valence-corrected chi connectivity index (χ0v) is 43.4. The van der Waals surface area contributed by atoms with Crippen molar-refractivity contribution in [3.05, 3.63) is 338 Å². The lowest BCUT2D eigenvalue weighted by Gasteiger charge is -2.34. The van der Waals surface area contributed by atoms with E-state index in [0.29, 0.717) is 5.82 Å². The Balaban J connectivity index is 0.862. The Labute approximate surface area is 462 Å². The molecular weight excluding hydrogens is 953 g/mol. The van der Waals surface area contributed by atoms with Crippen molar-refractivity contribution in [3.8, 4) is 112 Å². The smallest absolute Gasteiger partial charge is 0.160 e. The Morgan fingerprint density at radius 1 is 0.203 bits per heavy atom. The van der Waals surface area contributed by atoms with Gasteiger partial charge in [0, 0.05) is 16.7 Å². The summed E-state index contributed by atoms with van der Waals surface area (Å²) in [5.41, 5.74) is 26.0. The predicted molar refractivity (Wildman–Crippen MR) is 328 cm³/mol. The van der Waals surface area contributed by atoms with E-state index in [1.165, 1.54) is 83.5 Å². The maximum absolute atomic E-state index is 5.15. The van der Waals surface area contributed by atoms with Crippen molar-refractivity contribution >= 4 is 0 Å². The SMILES string of the molecule is c1ccc(-c2ccc(-c3cc(-c4ccc(-c5ccc(-c6cc(-c7ccccc7)cc(-c7ccc8c(c7)-c7ccccc7C8(c7ccccc7)c7ccccc7)c6-c6ccccc6)cc5)cc4)nc(-c4ccccc4)n3)cc2)cc1. The first-order chi connectivity index (χ1) is 39.2. The molecule has 0 fully saturated rings. The summed E-state index contributed by atoms with van der Waals surface area (Å²) in [5.74, 6) is 0.698. The third kappa shape index (κ3) is 8.67. The van der Waals surface area contributed by atoms with E-state index in [9.17, 15) is 0 Å². The molecule has 0 saturated heterocycles. The van der Waals surface area contributed by atoms with Crippen LogP contribution in [-0.2, 0) is 5.41 Å². The van der Waals surface area contributed by atoms with E-state index >= 15 is 0 Å². The van der Waals surface area contributed by atoms with Gasteiger partial charge in [-0.3, -0.25) is 0 Å². The number of hydrogen-bond donors (Lipinski definition) is 0. The number of fused-ring (bicyclic) bond motifs is 3. The maximum atomic E-state index is 5.15. The summed E-state index contributed by atoms with van der Waals surface area (Å²) in [6.45, 7) is 0. The Morgan fingerprint density at radius 3 is 1.05 bits per heavy atom. The van der Waals surface area contributed by atoms with Gasteiger partial charge >= 0.3 is 0 Å². The minimum absolute atomic E-state index is 0.476. The molecule has 13 aromatic rings. The third-order valence-corrected chi connectivity index (χ3v) is 15.8. The second-order valence-corrected chi connectivity index (χ2v) is 20.4. The average Bonchev–Trinajstić information content (AvgIpc) is 3.99. The molecule has 0 radical (unpaired) electrons. The summed E-state index contributed by atoms with van der Waals surface area (Å²) < 4.78 is 0. The van der Waals surface area contributed by atoms with Crippen molar-refractivity contribution in [2.45, 2.75) is 5.41 Å². The van der Waals surface area contributed by atoms with Gasteiger partial charge in [-0.15, -0.1) is 0 Å². The van der Waals surface area contributed by atoms with Gasteiger partial charge < -0.3 is 0 Å². The lowest BCUT2D eigenvalue weighted by Crippen LogP contribution is -2.28. The lowest BCUT2D eigenvalue weighted by atomic mass is 9.67. The molecule has 0 spiro atoms. The summed E-state index contributed by atoms with van der Waals surface area (Å²) in [4.78, 5) is 10.3. The standard InChI is InChI=1S/C77H52N2/c1-7-21-53(22-8-1)55-37-43-59(44-38-55)73-52-74(79-76(78-73)62-27-13-4-14-28-62)60-45-39-57(40-46-60)56-35-41-58(42-36-56)68-50-64(54-23-9-2-10-24-54)51-69(75(68)61-25-11-3-12-26-61)63-47-48-72-70(49-63)67-33-19-20-34-71(67)77(72,65-29-15-5-16-30-65)66-31-17-6-18-32-66/h1-52H. The molecule has 0 aliphatic heterocycles. The molecule has 0 bridgehead atoms. The highest BCUT2D eigenvalue weighted by Crippen LogP contribution is 2.57. The largest absolute Gasteiger partial charge is 0.228 e. The number of nitrogens with zero attached hydrogens (tertiary/aromatic N) is 2. The van der Waals surface area contributed by atoms with Gasteiger partial charge in [0.2, 0.25) is 0 Å². The summed E-state index contributed by atoms with van der Waals surface area (Å²) >= 11 is 0. The molecule has 14 rings (SSSR count). The van der Waals surface area contributed by atoms with Crippen LogP contribution in [0.5, 0.6) is 0 Å². The van der Waals surface area contributed by atoms with Crippen LogP contribution in [0.4, 0.5) is 0 Å². The predicted octanol–water partition coefficient (Wildman–Crippen LogP) is 19.8. The molecule has 0 saturated carbocycles. The van der Waals surface area contributed by atoms with Crippen molar-refractivity contribution in [3.63, 3.8) is 0 Å². The van der Waals surface area contributed by atoms with Crippen LogP contribution in [0, 0.1) is 0 Å². The average molecular weight is 1010 g/mol. The van der Waals surface area contributed by atoms with Crippen LogP contribution in [0.3, 0.4) is 0 Å². The fourth-order valence-corrected chi connectivity index (χ4v) is 12.0. The van der Waals surface area contributed by atoms with Crippen molar-refractivity contribution in [2.24, 2.45) is 0 Å². The van der Waals surface area contributed by atoms with Gasteiger partial charge in [0.1, 0.15) is 0 Å². The number of aromatic nitrogens is 2. The molecule has 1 aliphatic carbocycles. The number of benzene rings is 12. The normalized spacial score (nSPS) is 12.2. The van der Waals surface area contributed by atoms with Crippen LogP contribution in [0.2, 0.25) is 0 Å². The first-order valence-corrected chi connectivity index (χ1v) is 27.1. The molecule has 1 aromatic heterocycles. The summed E-state index contributed by atoms with van der Waals surface area (Å²) in [5, 5.41) is 0. The van der Waals surface area contributed by atoms with Gasteiger partial charge in [-0.1, -0.05) is 291 Å². The quantitative estimate of drug-likeness (QED) is 0.129. The van der Waals surface area contributed by atoms with Crippen molar-refractivity contribution < 1.29 is 0 Å². The van der Waals surface area contributed by atoms with Crippen LogP contribution < -0.4 is 0 Å². The molecule has 0 N–H and O–H groups in total. The highest BCUT2D eigenvalue weighted by Gasteiger charge is 2.46. The van der Waals surface area contributed by atoms with Crippen LogP contribution in [-0.4, -0.2) is 9.97 Å². The van der Waals surface area contributed by atoms with Crippen LogP contribution in [0.1, 0.15) is 22.3 Å². The summed E-state index contributed by atoms with van der Waals surface area (Å²) in [7, 11) is 0. The molecule has 79 heavy (non-hydrogen) atoms. The second kappa shape index (κ2) is 20.3. The summed E-state index contributed by atoms with van der Waals surface area (Å²) in [6, 6.07) is 114. The van der Waals surface area contributed by atoms with Crippen LogP contribution in [0.15, 0.2) is 315 Å². The van der Waals surface area contributed by atoms with Crippen molar-refractivity contribution in [1.82, 2.24) is 9.97 Å². The fourth-order valence-electron chi connectivity index (χ4n) is 12.0. The summed E-state index contributed by atoms with van der Waals surface area (Å²) in [6.07, 6.45) is 0. The molecule has 1 heterocycles. The van der Waals surface area contributed by atoms with Crippen molar-refractivity contribution in [1.29, 1.82) is 0 Å². The zero-order valence-electron chi connectivity index (χ0n) is 43.4. The lowest BCUT2D eigenvalue weighted by molar-refractivity contribution is 0.768. The van der Waals surface area contributed by atoms with Gasteiger partial charge in [0.15, 0.2) is 5.82 Å². The number of hydrogen-bond acceptors (Lipinski definition) is 2. The molecule has 2 heteroatoms. The van der Waals surface area contributed by atoms with E-state index in [1.807, 2.05) is 24.3 Å². The fraction of sp³-hybridized carbons (Fsp3) is 0.0130. The van der Waals surface area contributed by atoms with E-state index in [2.05, 4.69) is 291 Å². The van der Waals surface area contributed by atoms with Gasteiger partial charge in [-0.2, -0.15) is 0 Å². The van der Waals surface area contributed by atoms with E-state index in [4.69, 9.17) is 9.97 Å². The van der Waals surface area contributed by atoms with Crippen LogP contribution in [0.25, 0.3) is 112 Å². The second-order valence-electron chi connectivity index (χ2n) is 20.4. The molecule has 1 aliphatic rings. The molecule has 0 atom stereocenters. The van der Waals surface area contributed by atoms with Gasteiger partial charge in [-0.05, 0) is 124 Å². The molecule has 2 nitrogen and oxygen atoms in total. The van der Waals surface area contributed by atoms with Gasteiger partial charge in [-0.25, -0.2) is 9.97 Å². The first-order valence-electron chi connectivity index (χ1n) is 27.1.